The van der Waals surface area contributed by atoms with Crippen LogP contribution in [-0.4, -0.2) is 19.7 Å². The van der Waals surface area contributed by atoms with Gasteiger partial charge in [-0.25, -0.2) is 13.4 Å². The zero-order valence-corrected chi connectivity index (χ0v) is 18.3. The zero-order chi connectivity index (χ0) is 20.6. The van der Waals surface area contributed by atoms with Crippen molar-refractivity contribution in [2.45, 2.75) is 11.8 Å². The highest BCUT2D eigenvalue weighted by Crippen LogP contribution is 2.43. The third kappa shape index (κ3) is 3.99. The fourth-order valence-corrected chi connectivity index (χ4v) is 5.43. The molecule has 0 aliphatic carbocycles. The van der Waals surface area contributed by atoms with Crippen LogP contribution in [0, 0.1) is 6.92 Å². The number of hydrogen-bond donors (Lipinski definition) is 0. The fourth-order valence-electron chi connectivity index (χ4n) is 3.14. The summed E-state index contributed by atoms with van der Waals surface area (Å²) in [5, 5.41) is 1.36. The van der Waals surface area contributed by atoms with E-state index in [4.69, 9.17) is 16.6 Å². The summed E-state index contributed by atoms with van der Waals surface area (Å²) in [4.78, 5) is 6.04. The van der Waals surface area contributed by atoms with Crippen molar-refractivity contribution in [3.63, 3.8) is 0 Å². The fraction of sp³-hybridized carbons (Fsp3) is 0.0870. The first kappa shape index (κ1) is 19.8. The molecule has 0 bridgehead atoms. The van der Waals surface area contributed by atoms with Crippen molar-refractivity contribution in [3.05, 3.63) is 83.4 Å². The summed E-state index contributed by atoms with van der Waals surface area (Å²) in [7, 11) is -3.41. The van der Waals surface area contributed by atoms with E-state index < -0.39 is 9.84 Å². The van der Waals surface area contributed by atoms with Crippen molar-refractivity contribution in [1.82, 2.24) is 4.98 Å². The Labute approximate surface area is 179 Å². The number of benzene rings is 3. The molecule has 1 heterocycles. The molecule has 0 radical (unpaired) electrons. The number of sulfone groups is 1. The SMILES string of the molecule is Cc1ccc(-c2sc(-c3ccccc3Cl)nc2-c2ccccc2S(C)(=O)=O)cc1. The highest BCUT2D eigenvalue weighted by atomic mass is 35.5. The molecule has 29 heavy (non-hydrogen) atoms. The van der Waals surface area contributed by atoms with Crippen LogP contribution in [0.3, 0.4) is 0 Å². The maximum atomic E-state index is 12.4. The Bertz CT molecular complexity index is 1290. The second kappa shape index (κ2) is 7.75. The first-order chi connectivity index (χ1) is 13.8. The highest BCUT2D eigenvalue weighted by molar-refractivity contribution is 7.90. The number of aromatic nitrogens is 1. The standard InChI is InChI=1S/C23H18ClNO2S2/c1-15-11-13-16(14-12-15)22-21(18-8-4-6-10-20(18)29(2,26)27)25-23(28-22)17-7-3-5-9-19(17)24/h3-14H,1-2H3. The number of nitrogens with zero attached hydrogens (tertiary/aromatic N) is 1. The molecule has 3 nitrogen and oxygen atoms in total. The predicted octanol–water partition coefficient (Wildman–Crippen LogP) is 6.51. The second-order valence-electron chi connectivity index (χ2n) is 6.81. The van der Waals surface area contributed by atoms with Crippen LogP contribution in [0.4, 0.5) is 0 Å². The Balaban J connectivity index is 2.01. The maximum absolute atomic E-state index is 12.4. The normalized spacial score (nSPS) is 11.6. The molecule has 0 amide bonds. The van der Waals surface area contributed by atoms with Crippen LogP contribution in [0.5, 0.6) is 0 Å². The average Bonchev–Trinajstić information content (AvgIpc) is 3.13. The van der Waals surface area contributed by atoms with Gasteiger partial charge in [-0.3, -0.25) is 0 Å². The van der Waals surface area contributed by atoms with E-state index in [1.807, 2.05) is 61.5 Å². The molecule has 0 atom stereocenters. The highest BCUT2D eigenvalue weighted by Gasteiger charge is 2.22. The Morgan fingerprint density at radius 1 is 0.862 bits per heavy atom. The van der Waals surface area contributed by atoms with Crippen molar-refractivity contribution in [1.29, 1.82) is 0 Å². The third-order valence-corrected chi connectivity index (χ3v) is 7.21. The Morgan fingerprint density at radius 2 is 1.48 bits per heavy atom. The predicted molar refractivity (Wildman–Crippen MR) is 121 cm³/mol. The average molecular weight is 440 g/mol. The monoisotopic (exact) mass is 439 g/mol. The molecule has 4 aromatic rings. The lowest BCUT2D eigenvalue weighted by atomic mass is 10.1. The molecule has 0 aliphatic rings. The van der Waals surface area contributed by atoms with E-state index in [9.17, 15) is 8.42 Å². The smallest absolute Gasteiger partial charge is 0.176 e. The van der Waals surface area contributed by atoms with E-state index in [0.717, 1.165) is 26.6 Å². The Kier molecular flexibility index (Phi) is 5.30. The third-order valence-electron chi connectivity index (χ3n) is 4.59. The van der Waals surface area contributed by atoms with Gasteiger partial charge in [0, 0.05) is 17.4 Å². The maximum Gasteiger partial charge on any atom is 0.176 e. The van der Waals surface area contributed by atoms with Crippen molar-refractivity contribution in [2.24, 2.45) is 0 Å². The minimum absolute atomic E-state index is 0.268. The van der Waals surface area contributed by atoms with Gasteiger partial charge < -0.3 is 0 Å². The molecular weight excluding hydrogens is 422 g/mol. The van der Waals surface area contributed by atoms with Gasteiger partial charge in [0.2, 0.25) is 0 Å². The largest absolute Gasteiger partial charge is 0.235 e. The number of hydrogen-bond acceptors (Lipinski definition) is 4. The molecule has 0 fully saturated rings. The first-order valence-corrected chi connectivity index (χ1v) is 12.1. The van der Waals surface area contributed by atoms with Crippen molar-refractivity contribution < 1.29 is 8.42 Å². The molecular formula is C23H18ClNO2S2. The van der Waals surface area contributed by atoms with Crippen LogP contribution in [-0.2, 0) is 9.84 Å². The van der Waals surface area contributed by atoms with Crippen LogP contribution in [0.25, 0.3) is 32.3 Å². The van der Waals surface area contributed by atoms with Gasteiger partial charge in [-0.05, 0) is 24.6 Å². The summed E-state index contributed by atoms with van der Waals surface area (Å²) in [6.07, 6.45) is 1.22. The van der Waals surface area contributed by atoms with E-state index in [2.05, 4.69) is 0 Å². The quantitative estimate of drug-likeness (QED) is 0.364. The van der Waals surface area contributed by atoms with E-state index in [-0.39, 0.29) is 4.90 Å². The Morgan fingerprint density at radius 3 is 2.14 bits per heavy atom. The summed E-state index contributed by atoms with van der Waals surface area (Å²) in [5.41, 5.74) is 4.22. The van der Waals surface area contributed by atoms with Crippen LogP contribution in [0.1, 0.15) is 5.56 Å². The molecule has 0 saturated carbocycles. The molecule has 0 unspecified atom stereocenters. The topological polar surface area (TPSA) is 47.0 Å². The molecule has 0 aliphatic heterocycles. The lowest BCUT2D eigenvalue weighted by Crippen LogP contribution is -2.00. The van der Waals surface area contributed by atoms with Crippen molar-refractivity contribution in [2.75, 3.05) is 6.26 Å². The van der Waals surface area contributed by atoms with Gasteiger partial charge in [0.25, 0.3) is 0 Å². The van der Waals surface area contributed by atoms with E-state index >= 15 is 0 Å². The van der Waals surface area contributed by atoms with Crippen LogP contribution < -0.4 is 0 Å². The molecule has 4 rings (SSSR count). The molecule has 3 aromatic carbocycles. The Hall–Kier alpha value is -2.47. The van der Waals surface area contributed by atoms with E-state index in [1.54, 1.807) is 18.2 Å². The lowest BCUT2D eigenvalue weighted by molar-refractivity contribution is 0.602. The zero-order valence-electron chi connectivity index (χ0n) is 15.9. The van der Waals surface area contributed by atoms with E-state index in [0.29, 0.717) is 16.3 Å². The van der Waals surface area contributed by atoms with Gasteiger partial charge in [-0.15, -0.1) is 11.3 Å². The second-order valence-corrected chi connectivity index (χ2v) is 10.2. The van der Waals surface area contributed by atoms with Crippen LogP contribution in [0.2, 0.25) is 5.02 Å². The van der Waals surface area contributed by atoms with Gasteiger partial charge in [-0.2, -0.15) is 0 Å². The van der Waals surface area contributed by atoms with Gasteiger partial charge in [0.05, 0.1) is 20.5 Å². The number of aryl methyl sites for hydroxylation is 1. The molecule has 0 N–H and O–H groups in total. The minimum atomic E-state index is -3.41. The summed E-state index contributed by atoms with van der Waals surface area (Å²) in [5.74, 6) is 0. The summed E-state index contributed by atoms with van der Waals surface area (Å²) >= 11 is 7.92. The number of rotatable bonds is 4. The molecule has 1 aromatic heterocycles. The van der Waals surface area contributed by atoms with Gasteiger partial charge >= 0.3 is 0 Å². The van der Waals surface area contributed by atoms with Gasteiger partial charge in [-0.1, -0.05) is 77.8 Å². The number of halogens is 1. The van der Waals surface area contributed by atoms with Crippen molar-refractivity contribution in [3.8, 4) is 32.3 Å². The first-order valence-electron chi connectivity index (χ1n) is 8.97. The molecule has 0 spiro atoms. The minimum Gasteiger partial charge on any atom is -0.235 e. The number of thiazole rings is 1. The van der Waals surface area contributed by atoms with Crippen LogP contribution >= 0.6 is 22.9 Å². The van der Waals surface area contributed by atoms with Gasteiger partial charge in [0.1, 0.15) is 5.01 Å². The van der Waals surface area contributed by atoms with E-state index in [1.165, 1.54) is 17.6 Å². The summed E-state index contributed by atoms with van der Waals surface area (Å²) in [6.45, 7) is 2.03. The van der Waals surface area contributed by atoms with Gasteiger partial charge in [0.15, 0.2) is 9.84 Å². The lowest BCUT2D eigenvalue weighted by Gasteiger charge is -2.08. The molecule has 0 saturated heterocycles. The molecule has 6 heteroatoms. The summed E-state index contributed by atoms with van der Waals surface area (Å²) < 4.78 is 24.8. The van der Waals surface area contributed by atoms with Crippen LogP contribution in [0.15, 0.2) is 77.7 Å². The molecule has 146 valence electrons. The summed E-state index contributed by atoms with van der Waals surface area (Å²) in [6, 6.07) is 22.7. The van der Waals surface area contributed by atoms with Crippen molar-refractivity contribution >= 4 is 32.8 Å².